The number of anilines is 1. The highest BCUT2D eigenvalue weighted by atomic mass is 35.5. The van der Waals surface area contributed by atoms with Crippen molar-refractivity contribution in [3.05, 3.63) is 45.9 Å². The average molecular weight is 432 g/mol. The zero-order valence-electron chi connectivity index (χ0n) is 16.7. The number of nitrogens with zero attached hydrogens (tertiary/aromatic N) is 4. The fraction of sp³-hybridized carbons (Fsp3) is 0.350. The normalized spacial score (nSPS) is 11.0. The highest BCUT2D eigenvalue weighted by Gasteiger charge is 2.19. The molecule has 1 N–H and O–H groups in total. The molecule has 3 aromatic heterocycles. The molecule has 3 rings (SSSR count). The summed E-state index contributed by atoms with van der Waals surface area (Å²) in [4.78, 5) is 21.3. The van der Waals surface area contributed by atoms with Crippen LogP contribution in [0.1, 0.15) is 41.3 Å². The first-order valence-electron chi connectivity index (χ1n) is 9.17. The Bertz CT molecular complexity index is 1020. The van der Waals surface area contributed by atoms with Crippen LogP contribution in [0, 0.1) is 12.8 Å². The number of aryl methyl sites for hydroxylation is 2. The van der Waals surface area contributed by atoms with Gasteiger partial charge in [-0.25, -0.2) is 4.98 Å². The van der Waals surface area contributed by atoms with Gasteiger partial charge in [-0.2, -0.15) is 0 Å². The lowest BCUT2D eigenvalue weighted by molar-refractivity contribution is 0.102. The number of nitrogens with one attached hydrogen (secondary N) is 1. The lowest BCUT2D eigenvalue weighted by atomic mass is 10.0. The van der Waals surface area contributed by atoms with Crippen LogP contribution in [0.4, 0.5) is 5.13 Å². The number of hydrogen-bond acceptors (Lipinski definition) is 7. The number of halogens is 1. The molecule has 0 aromatic carbocycles. The van der Waals surface area contributed by atoms with E-state index < -0.39 is 0 Å². The van der Waals surface area contributed by atoms with E-state index in [0.717, 1.165) is 23.5 Å². The molecule has 3 aromatic rings. The molecule has 0 radical (unpaired) electrons. The largest absolute Gasteiger partial charge is 0.494 e. The Morgan fingerprint density at radius 1 is 1.21 bits per heavy atom. The summed E-state index contributed by atoms with van der Waals surface area (Å²) in [5, 5.41) is 12.7. The number of pyridine rings is 2. The van der Waals surface area contributed by atoms with Crippen molar-refractivity contribution in [3.8, 4) is 16.9 Å². The van der Waals surface area contributed by atoms with Gasteiger partial charge in [-0.15, -0.1) is 10.2 Å². The minimum absolute atomic E-state index is 0.306. The number of hydrogen-bond donors (Lipinski definition) is 1. The standard InChI is InChI=1S/C20H22ClN5O2S/c1-11(2)5-6-18-25-26-20(29-18)24-19(27)15-9-22-12(3)7-13(15)14-8-17(21)23-10-16(14)28-4/h7-11H,5-6H2,1-4H3,(H,24,26,27). The van der Waals surface area contributed by atoms with Gasteiger partial charge in [-0.1, -0.05) is 36.8 Å². The Hall–Kier alpha value is -2.58. The first-order chi connectivity index (χ1) is 13.9. The monoisotopic (exact) mass is 431 g/mol. The lowest BCUT2D eigenvalue weighted by Crippen LogP contribution is -2.14. The number of carbonyl (C=O) groups is 1. The van der Waals surface area contributed by atoms with E-state index in [0.29, 0.717) is 38.6 Å². The fourth-order valence-corrected chi connectivity index (χ4v) is 3.64. The van der Waals surface area contributed by atoms with Gasteiger partial charge in [0.05, 0.1) is 18.9 Å². The zero-order valence-corrected chi connectivity index (χ0v) is 18.3. The third-order valence-electron chi connectivity index (χ3n) is 4.25. The van der Waals surface area contributed by atoms with Crippen LogP contribution in [-0.2, 0) is 6.42 Å². The first kappa shape index (κ1) is 21.1. The molecule has 0 aliphatic carbocycles. The predicted octanol–water partition coefficient (Wildman–Crippen LogP) is 4.81. The van der Waals surface area contributed by atoms with Crippen LogP contribution in [0.15, 0.2) is 24.5 Å². The van der Waals surface area contributed by atoms with Crippen LogP contribution in [-0.4, -0.2) is 33.2 Å². The Labute approximate surface area is 178 Å². The van der Waals surface area contributed by atoms with Crippen molar-refractivity contribution >= 4 is 34.0 Å². The molecule has 0 bridgehead atoms. The molecule has 9 heteroatoms. The Kier molecular flexibility index (Phi) is 6.76. The van der Waals surface area contributed by atoms with Crippen molar-refractivity contribution in [2.24, 2.45) is 5.92 Å². The number of aromatic nitrogens is 4. The van der Waals surface area contributed by atoms with E-state index in [-0.39, 0.29) is 5.91 Å². The van der Waals surface area contributed by atoms with E-state index >= 15 is 0 Å². The molecule has 3 heterocycles. The molecule has 0 spiro atoms. The Morgan fingerprint density at radius 2 is 2.00 bits per heavy atom. The Morgan fingerprint density at radius 3 is 2.72 bits per heavy atom. The first-order valence-corrected chi connectivity index (χ1v) is 10.4. The van der Waals surface area contributed by atoms with Crippen LogP contribution in [0.3, 0.4) is 0 Å². The molecule has 29 heavy (non-hydrogen) atoms. The summed E-state index contributed by atoms with van der Waals surface area (Å²) >= 11 is 7.46. The van der Waals surface area contributed by atoms with Gasteiger partial charge < -0.3 is 4.74 Å². The van der Waals surface area contributed by atoms with Gasteiger partial charge in [-0.05, 0) is 31.4 Å². The lowest BCUT2D eigenvalue weighted by Gasteiger charge is -2.13. The van der Waals surface area contributed by atoms with Crippen molar-refractivity contribution in [2.45, 2.75) is 33.6 Å². The number of carbonyl (C=O) groups excluding carboxylic acids is 1. The quantitative estimate of drug-likeness (QED) is 0.540. The predicted molar refractivity (Wildman–Crippen MR) is 115 cm³/mol. The van der Waals surface area contributed by atoms with E-state index in [1.807, 2.05) is 13.0 Å². The van der Waals surface area contributed by atoms with Gasteiger partial charge in [0.25, 0.3) is 5.91 Å². The molecule has 0 aliphatic rings. The van der Waals surface area contributed by atoms with Crippen molar-refractivity contribution in [1.29, 1.82) is 0 Å². The van der Waals surface area contributed by atoms with E-state index in [1.54, 1.807) is 13.2 Å². The average Bonchev–Trinajstić information content (AvgIpc) is 3.13. The Balaban J connectivity index is 1.90. The molecule has 0 fully saturated rings. The molecule has 0 unspecified atom stereocenters. The van der Waals surface area contributed by atoms with Gasteiger partial charge in [-0.3, -0.25) is 15.1 Å². The maximum absolute atomic E-state index is 13.0. The highest BCUT2D eigenvalue weighted by Crippen LogP contribution is 2.34. The second-order valence-corrected chi connectivity index (χ2v) is 8.42. The number of methoxy groups -OCH3 is 1. The third-order valence-corrected chi connectivity index (χ3v) is 5.36. The van der Waals surface area contributed by atoms with E-state index in [9.17, 15) is 4.79 Å². The zero-order chi connectivity index (χ0) is 21.0. The molecular formula is C20H22ClN5O2S. The summed E-state index contributed by atoms with van der Waals surface area (Å²) in [7, 11) is 1.54. The number of amides is 1. The van der Waals surface area contributed by atoms with E-state index in [4.69, 9.17) is 16.3 Å². The van der Waals surface area contributed by atoms with E-state index in [1.165, 1.54) is 23.7 Å². The summed E-state index contributed by atoms with van der Waals surface area (Å²) in [6.07, 6.45) is 4.93. The van der Waals surface area contributed by atoms with E-state index in [2.05, 4.69) is 39.3 Å². The summed E-state index contributed by atoms with van der Waals surface area (Å²) in [5.41, 5.74) is 2.47. The molecular weight excluding hydrogens is 410 g/mol. The van der Waals surface area contributed by atoms with Crippen LogP contribution in [0.5, 0.6) is 5.75 Å². The van der Waals surface area contributed by atoms with Crippen LogP contribution < -0.4 is 10.1 Å². The minimum atomic E-state index is -0.325. The second kappa shape index (κ2) is 9.28. The van der Waals surface area contributed by atoms with Gasteiger partial charge >= 0.3 is 0 Å². The molecule has 0 saturated carbocycles. The van der Waals surface area contributed by atoms with Crippen molar-refractivity contribution < 1.29 is 9.53 Å². The van der Waals surface area contributed by atoms with Gasteiger partial charge in [0.15, 0.2) is 0 Å². The molecule has 0 aliphatic heterocycles. The minimum Gasteiger partial charge on any atom is -0.494 e. The SMILES string of the molecule is COc1cnc(Cl)cc1-c1cc(C)ncc1C(=O)Nc1nnc(CCC(C)C)s1. The molecule has 152 valence electrons. The summed E-state index contributed by atoms with van der Waals surface area (Å²) in [6, 6.07) is 3.48. The van der Waals surface area contributed by atoms with Crippen molar-refractivity contribution in [1.82, 2.24) is 20.2 Å². The summed E-state index contributed by atoms with van der Waals surface area (Å²) < 4.78 is 5.40. The van der Waals surface area contributed by atoms with Gasteiger partial charge in [0.2, 0.25) is 5.13 Å². The molecule has 0 saturated heterocycles. The molecule has 7 nitrogen and oxygen atoms in total. The van der Waals surface area contributed by atoms with Crippen molar-refractivity contribution in [3.63, 3.8) is 0 Å². The van der Waals surface area contributed by atoms with Crippen LogP contribution in [0.25, 0.3) is 11.1 Å². The smallest absolute Gasteiger partial charge is 0.259 e. The summed E-state index contributed by atoms with van der Waals surface area (Å²) in [6.45, 7) is 6.18. The maximum Gasteiger partial charge on any atom is 0.259 e. The third kappa shape index (κ3) is 5.27. The van der Waals surface area contributed by atoms with Gasteiger partial charge in [0, 0.05) is 29.4 Å². The summed E-state index contributed by atoms with van der Waals surface area (Å²) in [5.74, 6) is 0.773. The van der Waals surface area contributed by atoms with Gasteiger partial charge in [0.1, 0.15) is 15.9 Å². The fourth-order valence-electron chi connectivity index (χ4n) is 2.74. The van der Waals surface area contributed by atoms with Crippen LogP contribution >= 0.6 is 22.9 Å². The number of ether oxygens (including phenoxy) is 1. The maximum atomic E-state index is 13.0. The molecule has 1 amide bonds. The highest BCUT2D eigenvalue weighted by molar-refractivity contribution is 7.15. The van der Waals surface area contributed by atoms with Crippen LogP contribution in [0.2, 0.25) is 5.15 Å². The number of rotatable bonds is 7. The topological polar surface area (TPSA) is 89.9 Å². The second-order valence-electron chi connectivity index (χ2n) is 6.97. The molecule has 0 atom stereocenters. The van der Waals surface area contributed by atoms with Crippen molar-refractivity contribution in [2.75, 3.05) is 12.4 Å².